The van der Waals surface area contributed by atoms with Crippen LogP contribution >= 0.6 is 0 Å². The molecule has 0 bridgehead atoms. The number of nitrogens with one attached hydrogen (secondary N) is 2. The maximum absolute atomic E-state index is 13.1. The summed E-state index contributed by atoms with van der Waals surface area (Å²) in [5.41, 5.74) is 3.83. The van der Waals surface area contributed by atoms with Gasteiger partial charge in [0.2, 0.25) is 12.3 Å². The standard InChI is InChI=1S/C27H36N4O4/c1-18(2-3-24(33)29-17-32)31-25(34)22-12-20-15-30(16-21(20)13-23(22)26(31)35)14-19-4-6-27(7-5-19)8-10-28-11-9-27/h12-13,17-19,28H,2-11,14-16H2,1H3,(H,29,32,33). The Morgan fingerprint density at radius 3 is 2.26 bits per heavy atom. The molecule has 1 aliphatic carbocycles. The van der Waals surface area contributed by atoms with Gasteiger partial charge in [-0.05, 0) is 99.6 Å². The van der Waals surface area contributed by atoms with Crippen LogP contribution in [0.1, 0.15) is 90.1 Å². The molecule has 1 spiro atoms. The summed E-state index contributed by atoms with van der Waals surface area (Å²) in [7, 11) is 0. The van der Waals surface area contributed by atoms with Gasteiger partial charge in [-0.25, -0.2) is 0 Å². The first-order valence-corrected chi connectivity index (χ1v) is 13.1. The third kappa shape index (κ3) is 4.78. The Kier molecular flexibility index (Phi) is 6.77. The third-order valence-electron chi connectivity index (χ3n) is 8.82. The summed E-state index contributed by atoms with van der Waals surface area (Å²) < 4.78 is 0. The van der Waals surface area contributed by atoms with Crippen LogP contribution in [0.2, 0.25) is 0 Å². The number of carbonyl (C=O) groups excluding carboxylic acids is 4. The third-order valence-corrected chi connectivity index (χ3v) is 8.82. The molecular weight excluding hydrogens is 444 g/mol. The van der Waals surface area contributed by atoms with E-state index in [4.69, 9.17) is 0 Å². The molecule has 1 atom stereocenters. The normalized spacial score (nSPS) is 22.8. The van der Waals surface area contributed by atoms with Crippen LogP contribution in [0.5, 0.6) is 0 Å². The zero-order valence-electron chi connectivity index (χ0n) is 20.6. The lowest BCUT2D eigenvalue weighted by Gasteiger charge is -2.43. The summed E-state index contributed by atoms with van der Waals surface area (Å²) in [5, 5.41) is 5.59. The summed E-state index contributed by atoms with van der Waals surface area (Å²) in [6, 6.07) is 3.42. The number of piperidine rings is 1. The van der Waals surface area contributed by atoms with Gasteiger partial charge in [-0.3, -0.25) is 34.3 Å². The first-order valence-electron chi connectivity index (χ1n) is 13.1. The van der Waals surface area contributed by atoms with Crippen molar-refractivity contribution >= 4 is 24.1 Å². The van der Waals surface area contributed by atoms with Crippen molar-refractivity contribution in [3.05, 3.63) is 34.4 Å². The van der Waals surface area contributed by atoms with Crippen molar-refractivity contribution in [3.63, 3.8) is 0 Å². The zero-order valence-corrected chi connectivity index (χ0v) is 20.6. The number of rotatable bonds is 7. The lowest BCUT2D eigenvalue weighted by molar-refractivity contribution is -0.125. The van der Waals surface area contributed by atoms with Gasteiger partial charge in [0.1, 0.15) is 0 Å². The average Bonchev–Trinajstić information content (AvgIpc) is 3.35. The Balaban J connectivity index is 1.19. The Morgan fingerprint density at radius 2 is 1.69 bits per heavy atom. The predicted molar refractivity (Wildman–Crippen MR) is 130 cm³/mol. The Bertz CT molecular complexity index is 977. The summed E-state index contributed by atoms with van der Waals surface area (Å²) in [6.45, 7) is 6.85. The van der Waals surface area contributed by atoms with Crippen LogP contribution in [0.4, 0.5) is 0 Å². The van der Waals surface area contributed by atoms with Crippen molar-refractivity contribution in [1.29, 1.82) is 0 Å². The number of benzene rings is 1. The number of nitrogens with zero attached hydrogens (tertiary/aromatic N) is 2. The maximum atomic E-state index is 13.1. The number of hydrogen-bond acceptors (Lipinski definition) is 6. The van der Waals surface area contributed by atoms with E-state index in [2.05, 4.69) is 15.5 Å². The van der Waals surface area contributed by atoms with Crippen LogP contribution in [-0.2, 0) is 22.7 Å². The van der Waals surface area contributed by atoms with E-state index in [1.54, 1.807) is 6.92 Å². The molecule has 3 heterocycles. The van der Waals surface area contributed by atoms with Crippen molar-refractivity contribution in [2.24, 2.45) is 11.3 Å². The Labute approximate surface area is 206 Å². The Morgan fingerprint density at radius 1 is 1.09 bits per heavy atom. The monoisotopic (exact) mass is 480 g/mol. The van der Waals surface area contributed by atoms with Crippen LogP contribution < -0.4 is 10.6 Å². The highest BCUT2D eigenvalue weighted by atomic mass is 16.2. The number of imide groups is 2. The molecule has 2 fully saturated rings. The van der Waals surface area contributed by atoms with E-state index >= 15 is 0 Å². The van der Waals surface area contributed by atoms with E-state index in [1.807, 2.05) is 12.1 Å². The first kappa shape index (κ1) is 24.1. The molecule has 35 heavy (non-hydrogen) atoms. The molecular formula is C27H36N4O4. The van der Waals surface area contributed by atoms with Gasteiger partial charge < -0.3 is 5.32 Å². The van der Waals surface area contributed by atoms with E-state index < -0.39 is 11.9 Å². The molecule has 1 aromatic carbocycles. The summed E-state index contributed by atoms with van der Waals surface area (Å²) in [6.07, 6.45) is 8.70. The minimum Gasteiger partial charge on any atom is -0.317 e. The summed E-state index contributed by atoms with van der Waals surface area (Å²) >= 11 is 0. The number of amides is 4. The molecule has 8 heteroatoms. The van der Waals surface area contributed by atoms with Gasteiger partial charge in [-0.15, -0.1) is 0 Å². The van der Waals surface area contributed by atoms with Gasteiger partial charge in [-0.2, -0.15) is 0 Å². The molecule has 188 valence electrons. The lowest BCUT2D eigenvalue weighted by atomic mass is 9.66. The second-order valence-corrected chi connectivity index (χ2v) is 11.1. The van der Waals surface area contributed by atoms with Gasteiger partial charge in [-0.1, -0.05) is 0 Å². The molecule has 8 nitrogen and oxygen atoms in total. The van der Waals surface area contributed by atoms with Crippen LogP contribution in [0.25, 0.3) is 0 Å². The number of carbonyl (C=O) groups is 4. The number of fused-ring (bicyclic) bond motifs is 2. The topological polar surface area (TPSA) is 98.8 Å². The molecule has 1 unspecified atom stereocenters. The molecule has 0 aromatic heterocycles. The van der Waals surface area contributed by atoms with E-state index in [0.717, 1.165) is 36.7 Å². The highest BCUT2D eigenvalue weighted by molar-refractivity contribution is 6.21. The number of hydrogen-bond donors (Lipinski definition) is 2. The van der Waals surface area contributed by atoms with Crippen LogP contribution in [0, 0.1) is 11.3 Å². The molecule has 1 aromatic rings. The fraction of sp³-hybridized carbons (Fsp3) is 0.630. The Hall–Kier alpha value is -2.58. The average molecular weight is 481 g/mol. The van der Waals surface area contributed by atoms with E-state index in [0.29, 0.717) is 29.4 Å². The predicted octanol–water partition coefficient (Wildman–Crippen LogP) is 2.60. The first-order chi connectivity index (χ1) is 16.9. The van der Waals surface area contributed by atoms with Crippen LogP contribution in [0.15, 0.2) is 12.1 Å². The van der Waals surface area contributed by atoms with Gasteiger partial charge in [0.05, 0.1) is 11.1 Å². The van der Waals surface area contributed by atoms with Gasteiger partial charge in [0.15, 0.2) is 0 Å². The summed E-state index contributed by atoms with van der Waals surface area (Å²) in [4.78, 5) is 51.9. The van der Waals surface area contributed by atoms with Crippen molar-refractivity contribution in [1.82, 2.24) is 20.4 Å². The van der Waals surface area contributed by atoms with Crippen molar-refractivity contribution in [2.75, 3.05) is 19.6 Å². The minimum absolute atomic E-state index is 0.0813. The SMILES string of the molecule is CC(CCC(=O)NC=O)N1C(=O)c2cc3c(cc2C1=O)CN(CC1CCC2(CCNCC2)CC1)C3. The molecule has 4 aliphatic rings. The second-order valence-electron chi connectivity index (χ2n) is 11.1. The highest BCUT2D eigenvalue weighted by Crippen LogP contribution is 2.45. The highest BCUT2D eigenvalue weighted by Gasteiger charge is 2.41. The lowest BCUT2D eigenvalue weighted by Crippen LogP contribution is -2.40. The van der Waals surface area contributed by atoms with Crippen LogP contribution in [0.3, 0.4) is 0 Å². The van der Waals surface area contributed by atoms with E-state index in [9.17, 15) is 19.2 Å². The molecule has 5 rings (SSSR count). The largest absolute Gasteiger partial charge is 0.317 e. The van der Waals surface area contributed by atoms with Crippen molar-refractivity contribution < 1.29 is 19.2 Å². The molecule has 4 amide bonds. The van der Waals surface area contributed by atoms with E-state index in [-0.39, 0.29) is 18.2 Å². The molecule has 3 aliphatic heterocycles. The maximum Gasteiger partial charge on any atom is 0.261 e. The molecule has 0 radical (unpaired) electrons. The zero-order chi connectivity index (χ0) is 24.6. The molecule has 2 N–H and O–H groups in total. The van der Waals surface area contributed by atoms with Gasteiger partial charge >= 0.3 is 0 Å². The summed E-state index contributed by atoms with van der Waals surface area (Å²) in [5.74, 6) is -0.248. The quantitative estimate of drug-likeness (QED) is 0.460. The van der Waals surface area contributed by atoms with Crippen molar-refractivity contribution in [3.8, 4) is 0 Å². The minimum atomic E-state index is -0.416. The van der Waals surface area contributed by atoms with Gasteiger partial charge in [0.25, 0.3) is 11.8 Å². The smallest absolute Gasteiger partial charge is 0.261 e. The second kappa shape index (κ2) is 9.82. The fourth-order valence-corrected chi connectivity index (χ4v) is 6.66. The van der Waals surface area contributed by atoms with Crippen LogP contribution in [-0.4, -0.2) is 59.6 Å². The fourth-order valence-electron chi connectivity index (χ4n) is 6.66. The van der Waals surface area contributed by atoms with Crippen molar-refractivity contribution in [2.45, 2.75) is 77.4 Å². The van der Waals surface area contributed by atoms with Gasteiger partial charge in [0, 0.05) is 32.1 Å². The molecule has 1 saturated carbocycles. The van der Waals surface area contributed by atoms with E-state index in [1.165, 1.54) is 56.5 Å². The molecule has 1 saturated heterocycles.